The molecule has 0 aliphatic rings. The first-order chi connectivity index (χ1) is 8.52. The Morgan fingerprint density at radius 2 is 2.11 bits per heavy atom. The Hall–Kier alpha value is -1.04. The van der Waals surface area contributed by atoms with E-state index in [0.29, 0.717) is 28.9 Å². The van der Waals surface area contributed by atoms with Crippen LogP contribution in [0, 0.1) is 6.92 Å². The SMILES string of the molecule is COC(=O)c1cccc(C(O)C(O)CCS)c1C. The Labute approximate surface area is 112 Å². The number of hydrogen-bond acceptors (Lipinski definition) is 5. The van der Waals surface area contributed by atoms with Gasteiger partial charge in [-0.2, -0.15) is 12.6 Å². The summed E-state index contributed by atoms with van der Waals surface area (Å²) in [6.07, 6.45) is -1.54. The molecule has 0 heterocycles. The third-order valence-corrected chi connectivity index (χ3v) is 3.15. The van der Waals surface area contributed by atoms with E-state index in [4.69, 9.17) is 0 Å². The molecule has 1 aromatic rings. The minimum Gasteiger partial charge on any atom is -0.465 e. The van der Waals surface area contributed by atoms with Crippen LogP contribution in [0.15, 0.2) is 18.2 Å². The van der Waals surface area contributed by atoms with Crippen LogP contribution < -0.4 is 0 Å². The van der Waals surface area contributed by atoms with Gasteiger partial charge >= 0.3 is 5.97 Å². The van der Waals surface area contributed by atoms with E-state index >= 15 is 0 Å². The second kappa shape index (κ2) is 6.78. The second-order valence-corrected chi connectivity index (χ2v) is 4.48. The lowest BCUT2D eigenvalue weighted by atomic mass is 9.95. The third kappa shape index (κ3) is 3.25. The number of thiol groups is 1. The Morgan fingerprint density at radius 1 is 1.44 bits per heavy atom. The summed E-state index contributed by atoms with van der Waals surface area (Å²) >= 11 is 4.02. The van der Waals surface area contributed by atoms with Gasteiger partial charge in [0.15, 0.2) is 0 Å². The maximum atomic E-state index is 11.5. The van der Waals surface area contributed by atoms with E-state index in [1.54, 1.807) is 25.1 Å². The maximum Gasteiger partial charge on any atom is 0.338 e. The Balaban J connectivity index is 3.06. The highest BCUT2D eigenvalue weighted by Crippen LogP contribution is 2.25. The number of carbonyl (C=O) groups excluding carboxylic acids is 1. The minimum atomic E-state index is -1.03. The highest BCUT2D eigenvalue weighted by Gasteiger charge is 2.22. The quantitative estimate of drug-likeness (QED) is 0.560. The summed E-state index contributed by atoms with van der Waals surface area (Å²) < 4.78 is 4.66. The lowest BCUT2D eigenvalue weighted by molar-refractivity contribution is 0.0167. The molecular weight excluding hydrogens is 252 g/mol. The fourth-order valence-corrected chi connectivity index (χ4v) is 2.07. The third-order valence-electron chi connectivity index (χ3n) is 2.89. The number of hydrogen-bond donors (Lipinski definition) is 3. The van der Waals surface area contributed by atoms with Crippen LogP contribution in [0.2, 0.25) is 0 Å². The first kappa shape index (κ1) is 15.0. The van der Waals surface area contributed by atoms with Gasteiger partial charge < -0.3 is 14.9 Å². The van der Waals surface area contributed by atoms with Gasteiger partial charge in [-0.1, -0.05) is 12.1 Å². The van der Waals surface area contributed by atoms with Crippen molar-refractivity contribution in [1.82, 2.24) is 0 Å². The zero-order valence-corrected chi connectivity index (χ0v) is 11.4. The van der Waals surface area contributed by atoms with Crippen molar-refractivity contribution in [3.63, 3.8) is 0 Å². The first-order valence-electron chi connectivity index (χ1n) is 5.67. The largest absolute Gasteiger partial charge is 0.465 e. The van der Waals surface area contributed by atoms with Gasteiger partial charge in [0.1, 0.15) is 6.10 Å². The molecule has 2 N–H and O–H groups in total. The highest BCUT2D eigenvalue weighted by atomic mass is 32.1. The first-order valence-corrected chi connectivity index (χ1v) is 6.31. The smallest absolute Gasteiger partial charge is 0.338 e. The summed E-state index contributed by atoms with van der Waals surface area (Å²) in [6.45, 7) is 1.72. The molecule has 0 saturated heterocycles. The Bertz CT molecular complexity index is 419. The molecule has 5 heteroatoms. The average molecular weight is 270 g/mol. The molecule has 1 aromatic carbocycles. The number of esters is 1. The van der Waals surface area contributed by atoms with Gasteiger partial charge in [0.25, 0.3) is 0 Å². The highest BCUT2D eigenvalue weighted by molar-refractivity contribution is 7.80. The molecule has 0 radical (unpaired) electrons. The number of carbonyl (C=O) groups is 1. The molecule has 1 rings (SSSR count). The van der Waals surface area contributed by atoms with Crippen LogP contribution in [0.25, 0.3) is 0 Å². The van der Waals surface area contributed by atoms with Crippen molar-refractivity contribution in [1.29, 1.82) is 0 Å². The van der Waals surface area contributed by atoms with Crippen LogP contribution in [0.3, 0.4) is 0 Å². The van der Waals surface area contributed by atoms with Crippen molar-refractivity contribution >= 4 is 18.6 Å². The summed E-state index contributed by atoms with van der Waals surface area (Å²) in [4.78, 5) is 11.5. The van der Waals surface area contributed by atoms with Crippen molar-refractivity contribution in [2.75, 3.05) is 12.9 Å². The summed E-state index contributed by atoms with van der Waals surface area (Å²) in [7, 11) is 1.31. The number of aliphatic hydroxyl groups excluding tert-OH is 2. The Morgan fingerprint density at radius 3 is 2.67 bits per heavy atom. The van der Waals surface area contributed by atoms with Gasteiger partial charge in [-0.3, -0.25) is 0 Å². The zero-order valence-electron chi connectivity index (χ0n) is 10.5. The van der Waals surface area contributed by atoms with E-state index in [2.05, 4.69) is 17.4 Å². The fourth-order valence-electron chi connectivity index (χ4n) is 1.80. The van der Waals surface area contributed by atoms with Crippen molar-refractivity contribution < 1.29 is 19.7 Å². The summed E-state index contributed by atoms with van der Waals surface area (Å²) in [5.41, 5.74) is 1.55. The van der Waals surface area contributed by atoms with Crippen LogP contribution in [0.1, 0.15) is 34.0 Å². The molecule has 0 spiro atoms. The average Bonchev–Trinajstić information content (AvgIpc) is 2.37. The van der Waals surface area contributed by atoms with Gasteiger partial charge in [-0.25, -0.2) is 4.79 Å². The molecule has 2 unspecified atom stereocenters. The monoisotopic (exact) mass is 270 g/mol. The standard InChI is InChI=1S/C13H18O4S/c1-8-9(12(15)11(14)6-7-18)4-3-5-10(8)13(16)17-2/h3-5,11-12,14-15,18H,6-7H2,1-2H3. The van der Waals surface area contributed by atoms with Crippen LogP contribution in [-0.2, 0) is 4.74 Å². The molecule has 18 heavy (non-hydrogen) atoms. The molecule has 4 nitrogen and oxygen atoms in total. The number of aliphatic hydroxyl groups is 2. The topological polar surface area (TPSA) is 66.8 Å². The van der Waals surface area contributed by atoms with Gasteiger partial charge in [0, 0.05) is 0 Å². The minimum absolute atomic E-state index is 0.381. The van der Waals surface area contributed by atoms with Crippen LogP contribution in [0.5, 0.6) is 0 Å². The number of benzene rings is 1. The summed E-state index contributed by atoms with van der Waals surface area (Å²) in [5, 5.41) is 19.8. The van der Waals surface area contributed by atoms with E-state index in [0.717, 1.165) is 0 Å². The molecule has 0 amide bonds. The van der Waals surface area contributed by atoms with Gasteiger partial charge in [-0.05, 0) is 36.3 Å². The molecule has 0 fully saturated rings. The van der Waals surface area contributed by atoms with Crippen molar-refractivity contribution in [2.45, 2.75) is 25.6 Å². The van der Waals surface area contributed by atoms with E-state index in [1.807, 2.05) is 0 Å². The molecule has 100 valence electrons. The van der Waals surface area contributed by atoms with Crippen molar-refractivity contribution in [3.8, 4) is 0 Å². The molecule has 0 aromatic heterocycles. The number of ether oxygens (including phenoxy) is 1. The zero-order chi connectivity index (χ0) is 13.7. The predicted molar refractivity (Wildman–Crippen MR) is 72.0 cm³/mol. The molecule has 2 atom stereocenters. The lowest BCUT2D eigenvalue weighted by Crippen LogP contribution is -2.20. The molecule has 0 bridgehead atoms. The molecule has 0 aliphatic heterocycles. The van der Waals surface area contributed by atoms with Gasteiger partial charge in [0.05, 0.1) is 18.8 Å². The number of methoxy groups -OCH3 is 1. The van der Waals surface area contributed by atoms with Crippen molar-refractivity contribution in [2.24, 2.45) is 0 Å². The maximum absolute atomic E-state index is 11.5. The normalized spacial score (nSPS) is 14.1. The van der Waals surface area contributed by atoms with E-state index in [1.165, 1.54) is 7.11 Å². The second-order valence-electron chi connectivity index (χ2n) is 4.04. The number of rotatable bonds is 5. The Kier molecular flexibility index (Phi) is 5.65. The summed E-state index contributed by atoms with van der Waals surface area (Å²) in [5.74, 6) is 0.0266. The van der Waals surface area contributed by atoms with E-state index < -0.39 is 18.2 Å². The lowest BCUT2D eigenvalue weighted by Gasteiger charge is -2.20. The fraction of sp³-hybridized carbons (Fsp3) is 0.462. The molecule has 0 saturated carbocycles. The van der Waals surface area contributed by atoms with Crippen LogP contribution >= 0.6 is 12.6 Å². The van der Waals surface area contributed by atoms with E-state index in [-0.39, 0.29) is 0 Å². The van der Waals surface area contributed by atoms with Crippen LogP contribution in [-0.4, -0.2) is 35.1 Å². The van der Waals surface area contributed by atoms with Gasteiger partial charge in [-0.15, -0.1) is 0 Å². The van der Waals surface area contributed by atoms with Gasteiger partial charge in [0.2, 0.25) is 0 Å². The molecule has 0 aliphatic carbocycles. The van der Waals surface area contributed by atoms with E-state index in [9.17, 15) is 15.0 Å². The predicted octanol–water partition coefficient (Wildman–Crippen LogP) is 1.50. The van der Waals surface area contributed by atoms with Crippen molar-refractivity contribution in [3.05, 3.63) is 34.9 Å². The summed E-state index contributed by atoms with van der Waals surface area (Å²) in [6, 6.07) is 4.97. The van der Waals surface area contributed by atoms with Crippen LogP contribution in [0.4, 0.5) is 0 Å². The molecular formula is C13H18O4S.